The molecular formula is C30H38ClN7O6S. The second-order valence-corrected chi connectivity index (χ2v) is 13.0. The summed E-state index contributed by atoms with van der Waals surface area (Å²) in [6.07, 6.45) is 3.22. The van der Waals surface area contributed by atoms with Gasteiger partial charge in [0, 0.05) is 30.7 Å². The third kappa shape index (κ3) is 9.54. The molecule has 0 radical (unpaired) electrons. The highest BCUT2D eigenvalue weighted by Crippen LogP contribution is 2.38. The van der Waals surface area contributed by atoms with E-state index < -0.39 is 28.0 Å². The molecule has 2 aliphatic rings. The Hall–Kier alpha value is -3.90. The summed E-state index contributed by atoms with van der Waals surface area (Å²) >= 11 is 6.18. The minimum Gasteiger partial charge on any atom is -0.486 e. The van der Waals surface area contributed by atoms with Gasteiger partial charge >= 0.3 is 6.03 Å². The first-order chi connectivity index (χ1) is 21.6. The maximum Gasteiger partial charge on any atom is 0.315 e. The predicted molar refractivity (Wildman–Crippen MR) is 167 cm³/mol. The average Bonchev–Trinajstić information content (AvgIpc) is 3.65. The smallest absolute Gasteiger partial charge is 0.315 e. The quantitative estimate of drug-likeness (QED) is 0.189. The van der Waals surface area contributed by atoms with Gasteiger partial charge in [-0.25, -0.2) is 17.9 Å². The van der Waals surface area contributed by atoms with Gasteiger partial charge < -0.3 is 30.9 Å². The zero-order chi connectivity index (χ0) is 32.4. The molecule has 1 aliphatic heterocycles. The Labute approximate surface area is 268 Å². The number of fused-ring (bicyclic) bond motifs is 1. The number of halogens is 1. The lowest BCUT2D eigenvalue weighted by Crippen LogP contribution is -2.45. The number of nitrogens with one attached hydrogen (secondary N) is 5. The molecule has 242 valence electrons. The number of amides is 4. The summed E-state index contributed by atoms with van der Waals surface area (Å²) in [5, 5.41) is 20.5. The first-order valence-electron chi connectivity index (χ1n) is 14.8. The van der Waals surface area contributed by atoms with Crippen LogP contribution >= 0.6 is 11.6 Å². The Kier molecular flexibility index (Phi) is 12.0. The molecule has 2 aromatic carbocycles. The predicted octanol–water partition coefficient (Wildman–Crippen LogP) is 1.57. The van der Waals surface area contributed by atoms with Crippen molar-refractivity contribution in [2.45, 2.75) is 49.1 Å². The molecule has 2 aromatic rings. The molecule has 15 heteroatoms. The van der Waals surface area contributed by atoms with E-state index in [9.17, 15) is 28.1 Å². The zero-order valence-electron chi connectivity index (χ0n) is 25.0. The third-order valence-corrected chi connectivity index (χ3v) is 9.39. The van der Waals surface area contributed by atoms with Gasteiger partial charge in [0.1, 0.15) is 11.9 Å². The molecule has 0 bridgehead atoms. The van der Waals surface area contributed by atoms with Crippen LogP contribution < -0.4 is 30.7 Å². The van der Waals surface area contributed by atoms with Crippen molar-refractivity contribution < 1.29 is 27.5 Å². The summed E-state index contributed by atoms with van der Waals surface area (Å²) in [6.45, 7) is 1.31. The summed E-state index contributed by atoms with van der Waals surface area (Å²) < 4.78 is 34.9. The number of sulfonamides is 1. The van der Waals surface area contributed by atoms with Crippen LogP contribution in [0.4, 0.5) is 4.79 Å². The van der Waals surface area contributed by atoms with Gasteiger partial charge in [-0.1, -0.05) is 11.6 Å². The molecule has 2 atom stereocenters. The number of nitrogens with zero attached hydrogens (tertiary/aromatic N) is 2. The molecule has 0 aromatic heterocycles. The van der Waals surface area contributed by atoms with Crippen LogP contribution in [0.5, 0.6) is 5.75 Å². The molecule has 1 saturated heterocycles. The number of unbranched alkanes of at least 4 members (excludes halogenated alkanes) is 1. The third-order valence-electron chi connectivity index (χ3n) is 7.63. The van der Waals surface area contributed by atoms with E-state index in [0.717, 1.165) is 30.5 Å². The number of benzene rings is 2. The topological polar surface area (TPSA) is 182 Å². The van der Waals surface area contributed by atoms with Crippen molar-refractivity contribution in [2.24, 2.45) is 0 Å². The monoisotopic (exact) mass is 659 g/mol. The molecule has 1 aliphatic carbocycles. The second kappa shape index (κ2) is 15.9. The fourth-order valence-corrected chi connectivity index (χ4v) is 6.80. The van der Waals surface area contributed by atoms with Crippen LogP contribution in [0.1, 0.15) is 48.5 Å². The molecule has 0 spiro atoms. The number of ether oxygens (including phenoxy) is 1. The van der Waals surface area contributed by atoms with Crippen LogP contribution in [0, 0.1) is 11.3 Å². The number of hydrogen-bond acceptors (Lipinski definition) is 8. The van der Waals surface area contributed by atoms with Crippen LogP contribution in [0.15, 0.2) is 41.3 Å². The van der Waals surface area contributed by atoms with Gasteiger partial charge in [-0.05, 0) is 93.2 Å². The summed E-state index contributed by atoms with van der Waals surface area (Å²) in [7, 11) is -2.01. The first kappa shape index (κ1) is 34.0. The minimum absolute atomic E-state index is 0.0584. The van der Waals surface area contributed by atoms with Crippen LogP contribution in [-0.2, 0) is 26.0 Å². The SMILES string of the molecule is CNCCCCNC(=O)NCC(=O)NCC(=O)N1CC[C@H](NS(=O)(=O)c2ccc(O[C@@H]3CCc4c(C#N)cc(Cl)cc43)cc2)C1. The maximum atomic E-state index is 13.0. The molecule has 5 N–H and O–H groups in total. The Morgan fingerprint density at radius 1 is 1.04 bits per heavy atom. The molecule has 0 saturated carbocycles. The fourth-order valence-electron chi connectivity index (χ4n) is 5.31. The van der Waals surface area contributed by atoms with Gasteiger partial charge in [-0.15, -0.1) is 0 Å². The van der Waals surface area contributed by atoms with Gasteiger partial charge in [-0.3, -0.25) is 9.59 Å². The largest absolute Gasteiger partial charge is 0.486 e. The van der Waals surface area contributed by atoms with E-state index in [1.54, 1.807) is 24.3 Å². The molecule has 4 amide bonds. The van der Waals surface area contributed by atoms with Crippen molar-refractivity contribution in [3.05, 3.63) is 58.1 Å². The van der Waals surface area contributed by atoms with Crippen LogP contribution in [-0.4, -0.2) is 83.5 Å². The molecule has 1 heterocycles. The normalized spacial score (nSPS) is 17.3. The Balaban J connectivity index is 1.19. The van der Waals surface area contributed by atoms with E-state index >= 15 is 0 Å². The lowest BCUT2D eigenvalue weighted by atomic mass is 10.0. The zero-order valence-corrected chi connectivity index (χ0v) is 26.6. The highest BCUT2D eigenvalue weighted by atomic mass is 35.5. The summed E-state index contributed by atoms with van der Waals surface area (Å²) in [4.78, 5) is 38.0. The lowest BCUT2D eigenvalue weighted by Gasteiger charge is -2.18. The molecule has 13 nitrogen and oxygen atoms in total. The molecular weight excluding hydrogens is 622 g/mol. The molecule has 4 rings (SSSR count). The lowest BCUT2D eigenvalue weighted by molar-refractivity contribution is -0.131. The van der Waals surface area contributed by atoms with Crippen LogP contribution in [0.3, 0.4) is 0 Å². The maximum absolute atomic E-state index is 13.0. The van der Waals surface area contributed by atoms with Crippen molar-refractivity contribution in [1.29, 1.82) is 5.26 Å². The van der Waals surface area contributed by atoms with Gasteiger partial charge in [-0.2, -0.15) is 5.26 Å². The summed E-state index contributed by atoms with van der Waals surface area (Å²) in [6, 6.07) is 10.7. The first-order valence-corrected chi connectivity index (χ1v) is 16.7. The van der Waals surface area contributed by atoms with Gasteiger partial charge in [0.25, 0.3) is 0 Å². The number of hydrogen-bond donors (Lipinski definition) is 5. The van der Waals surface area contributed by atoms with Gasteiger partial charge in [0.15, 0.2) is 0 Å². The van der Waals surface area contributed by atoms with E-state index in [-0.39, 0.29) is 36.5 Å². The standard InChI is InChI=1S/C30H38ClN7O6S/c1-33-11-2-3-12-34-30(41)36-17-28(39)35-18-29(40)38-13-10-22(19-38)37-45(42,43)24-6-4-23(5-7-24)44-27-9-8-25-20(16-32)14-21(31)15-26(25)27/h4-7,14-15,22,27,33,37H,2-3,8-13,17-19H2,1H3,(H,35,39)(H2,34,36,41)/t22-,27+/m0/s1. The number of carbonyl (C=O) groups is 3. The highest BCUT2D eigenvalue weighted by molar-refractivity contribution is 7.89. The summed E-state index contributed by atoms with van der Waals surface area (Å²) in [5.41, 5.74) is 2.32. The van der Waals surface area contributed by atoms with E-state index in [1.807, 2.05) is 7.05 Å². The van der Waals surface area contributed by atoms with E-state index in [2.05, 4.69) is 32.1 Å². The average molecular weight is 660 g/mol. The Morgan fingerprint density at radius 2 is 1.80 bits per heavy atom. The Morgan fingerprint density at radius 3 is 2.53 bits per heavy atom. The molecule has 1 fully saturated rings. The Bertz CT molecular complexity index is 1530. The minimum atomic E-state index is -3.87. The highest BCUT2D eigenvalue weighted by Gasteiger charge is 2.31. The van der Waals surface area contributed by atoms with Gasteiger partial charge in [0.05, 0.1) is 29.6 Å². The fraction of sp³-hybridized carbons (Fsp3) is 0.467. The number of likely N-dealkylation sites (tertiary alicyclic amines) is 1. The van der Waals surface area contributed by atoms with Crippen molar-refractivity contribution in [3.63, 3.8) is 0 Å². The summed E-state index contributed by atoms with van der Waals surface area (Å²) in [5.74, 6) is -0.372. The van der Waals surface area contributed by atoms with E-state index in [0.29, 0.717) is 48.7 Å². The van der Waals surface area contributed by atoms with Crippen LogP contribution in [0.2, 0.25) is 5.02 Å². The van der Waals surface area contributed by atoms with Gasteiger partial charge in [0.2, 0.25) is 21.8 Å². The molecule has 0 unspecified atom stereocenters. The molecule has 45 heavy (non-hydrogen) atoms. The van der Waals surface area contributed by atoms with E-state index in [1.165, 1.54) is 17.0 Å². The van der Waals surface area contributed by atoms with Crippen molar-refractivity contribution >= 4 is 39.5 Å². The van der Waals surface area contributed by atoms with Crippen molar-refractivity contribution in [3.8, 4) is 11.8 Å². The number of rotatable bonds is 14. The number of carbonyl (C=O) groups excluding carboxylic acids is 3. The number of urea groups is 1. The van der Waals surface area contributed by atoms with Crippen LogP contribution in [0.25, 0.3) is 0 Å². The van der Waals surface area contributed by atoms with Crippen molar-refractivity contribution in [1.82, 2.24) is 30.9 Å². The number of nitriles is 1. The second-order valence-electron chi connectivity index (χ2n) is 10.9. The van der Waals surface area contributed by atoms with Crippen molar-refractivity contribution in [2.75, 3.05) is 46.3 Å². The van der Waals surface area contributed by atoms with E-state index in [4.69, 9.17) is 16.3 Å².